The minimum Gasteiger partial charge on any atom is -0.458 e. The summed E-state index contributed by atoms with van der Waals surface area (Å²) in [6.45, 7) is 2.11. The Labute approximate surface area is 215 Å². The normalized spacial score (nSPS) is 21.9. The fourth-order valence-corrected chi connectivity index (χ4v) is 6.04. The van der Waals surface area contributed by atoms with E-state index in [-0.39, 0.29) is 30.7 Å². The summed E-state index contributed by atoms with van der Waals surface area (Å²) in [5.74, 6) is -2.25. The van der Waals surface area contributed by atoms with Crippen LogP contribution in [0, 0.1) is 12.7 Å². The van der Waals surface area contributed by atoms with Crippen molar-refractivity contribution in [1.82, 2.24) is 14.9 Å². The zero-order valence-electron chi connectivity index (χ0n) is 20.7. The molecule has 1 aliphatic carbocycles. The third kappa shape index (κ3) is 3.21. The van der Waals surface area contributed by atoms with E-state index in [4.69, 9.17) is 14.8 Å². The van der Waals surface area contributed by atoms with Crippen LogP contribution in [0.2, 0.25) is 0 Å². The van der Waals surface area contributed by atoms with E-state index in [0.29, 0.717) is 51.8 Å². The number of aromatic nitrogens is 2. The molecule has 3 unspecified atom stereocenters. The summed E-state index contributed by atoms with van der Waals surface area (Å²) in [6.07, 6.45) is -1.35. The lowest BCUT2D eigenvalue weighted by molar-refractivity contribution is -0.172. The van der Waals surface area contributed by atoms with E-state index in [0.717, 1.165) is 5.56 Å². The Hall–Kier alpha value is -3.70. The molecular formula is C27H25F2N3O6. The quantitative estimate of drug-likeness (QED) is 0.347. The molecule has 1 amide bonds. The molecule has 3 N–H and O–H groups in total. The number of benzene rings is 1. The number of fused-ring (bicyclic) bond motifs is 5. The number of aliphatic hydroxyl groups is 2. The van der Waals surface area contributed by atoms with Crippen molar-refractivity contribution in [3.05, 3.63) is 61.7 Å². The van der Waals surface area contributed by atoms with E-state index in [9.17, 15) is 28.3 Å². The van der Waals surface area contributed by atoms with Crippen LogP contribution in [0.4, 0.5) is 8.78 Å². The zero-order valence-corrected chi connectivity index (χ0v) is 20.7. The predicted molar refractivity (Wildman–Crippen MR) is 130 cm³/mol. The number of pyridine rings is 2. The van der Waals surface area contributed by atoms with Gasteiger partial charge in [0.15, 0.2) is 5.60 Å². The molecule has 198 valence electrons. The standard InChI is InChI=1S/C27H25F2N3O6/c1-3-27(37)15-6-20-23-13(8-32(20)25(35)14(15)10-38-26(27)36)22-18(31-24(34)17(29)9-33)5-4-12-11(2)16(28)7-19(30-23)21(12)22/h6-7,17-18,33,37H,3-5,8-10H2,1-2H3,(H,31,34). The molecule has 4 heterocycles. The number of aliphatic hydroxyl groups excluding tert-OH is 1. The van der Waals surface area contributed by atoms with Crippen LogP contribution in [0.15, 0.2) is 16.9 Å². The van der Waals surface area contributed by atoms with Crippen LogP contribution in [0.5, 0.6) is 0 Å². The molecule has 38 heavy (non-hydrogen) atoms. The van der Waals surface area contributed by atoms with Crippen LogP contribution in [-0.4, -0.2) is 44.4 Å². The number of hydrogen-bond acceptors (Lipinski definition) is 7. The van der Waals surface area contributed by atoms with Crippen LogP contribution in [-0.2, 0) is 39.5 Å². The minimum atomic E-state index is -2.10. The number of amides is 1. The third-order valence-electron chi connectivity index (χ3n) is 8.14. The van der Waals surface area contributed by atoms with Crippen LogP contribution >= 0.6 is 0 Å². The number of esters is 1. The summed E-state index contributed by atoms with van der Waals surface area (Å²) < 4.78 is 35.5. The van der Waals surface area contributed by atoms with Gasteiger partial charge in [-0.15, -0.1) is 0 Å². The minimum absolute atomic E-state index is 0.0117. The molecule has 0 spiro atoms. The third-order valence-corrected chi connectivity index (χ3v) is 8.14. The summed E-state index contributed by atoms with van der Waals surface area (Å²) in [7, 11) is 0. The first-order valence-corrected chi connectivity index (χ1v) is 12.5. The van der Waals surface area contributed by atoms with E-state index in [1.165, 1.54) is 10.6 Å². The maximum Gasteiger partial charge on any atom is 0.343 e. The lowest BCUT2D eigenvalue weighted by atomic mass is 9.81. The molecule has 0 radical (unpaired) electrons. The summed E-state index contributed by atoms with van der Waals surface area (Å²) >= 11 is 0. The number of rotatable bonds is 4. The smallest absolute Gasteiger partial charge is 0.343 e. The highest BCUT2D eigenvalue weighted by Gasteiger charge is 2.46. The number of ether oxygens (including phenoxy) is 1. The molecule has 11 heteroatoms. The Morgan fingerprint density at radius 1 is 1.32 bits per heavy atom. The first-order chi connectivity index (χ1) is 18.1. The van der Waals surface area contributed by atoms with Crippen LogP contribution in [0.25, 0.3) is 22.3 Å². The Balaban J connectivity index is 1.63. The van der Waals surface area contributed by atoms with Crippen molar-refractivity contribution in [2.24, 2.45) is 0 Å². The molecule has 0 fully saturated rings. The molecule has 2 aromatic heterocycles. The lowest BCUT2D eigenvalue weighted by Gasteiger charge is -2.31. The van der Waals surface area contributed by atoms with E-state index >= 15 is 0 Å². The highest BCUT2D eigenvalue weighted by molar-refractivity contribution is 5.94. The monoisotopic (exact) mass is 525 g/mol. The number of carbonyl (C=O) groups excluding carboxylic acids is 2. The molecule has 3 aliphatic rings. The van der Waals surface area contributed by atoms with Gasteiger partial charge in [-0.05, 0) is 48.9 Å². The molecule has 3 atom stereocenters. The van der Waals surface area contributed by atoms with Gasteiger partial charge in [0.05, 0.1) is 41.7 Å². The van der Waals surface area contributed by atoms with Gasteiger partial charge in [-0.1, -0.05) is 6.92 Å². The Morgan fingerprint density at radius 3 is 2.79 bits per heavy atom. The predicted octanol–water partition coefficient (Wildman–Crippen LogP) is 1.96. The van der Waals surface area contributed by atoms with Crippen molar-refractivity contribution < 1.29 is 33.3 Å². The number of cyclic esters (lactones) is 1. The lowest BCUT2D eigenvalue weighted by Crippen LogP contribution is -2.44. The Bertz CT molecular complexity index is 1630. The number of nitrogens with zero attached hydrogens (tertiary/aromatic N) is 2. The molecule has 3 aromatic rings. The topological polar surface area (TPSA) is 131 Å². The summed E-state index contributed by atoms with van der Waals surface area (Å²) in [6, 6.07) is 2.19. The number of aryl methyl sites for hydroxylation is 1. The SMILES string of the molecule is CCC1(O)C(=O)OCc2c1cc1n(c2=O)Cc2c-1nc1cc(F)c(C)c3c1c2C(NC(=O)C(F)CO)CC3. The largest absolute Gasteiger partial charge is 0.458 e. The van der Waals surface area contributed by atoms with Crippen molar-refractivity contribution in [2.75, 3.05) is 6.61 Å². The number of halogens is 2. The van der Waals surface area contributed by atoms with Gasteiger partial charge in [0.25, 0.3) is 11.5 Å². The summed E-state index contributed by atoms with van der Waals surface area (Å²) in [5, 5.41) is 23.5. The van der Waals surface area contributed by atoms with E-state index in [1.807, 2.05) is 0 Å². The Kier molecular flexibility index (Phi) is 5.45. The van der Waals surface area contributed by atoms with Gasteiger partial charge >= 0.3 is 5.97 Å². The second-order valence-corrected chi connectivity index (χ2v) is 10.1. The van der Waals surface area contributed by atoms with Crippen molar-refractivity contribution in [2.45, 2.75) is 64.1 Å². The van der Waals surface area contributed by atoms with Crippen molar-refractivity contribution >= 4 is 22.8 Å². The molecule has 0 saturated heterocycles. The summed E-state index contributed by atoms with van der Waals surface area (Å²) in [5.41, 5.74) is 1.32. The van der Waals surface area contributed by atoms with E-state index in [2.05, 4.69) is 5.32 Å². The average molecular weight is 526 g/mol. The maximum absolute atomic E-state index is 14.9. The molecule has 9 nitrogen and oxygen atoms in total. The van der Waals surface area contributed by atoms with E-state index in [1.54, 1.807) is 19.9 Å². The average Bonchev–Trinajstić information content (AvgIpc) is 3.28. The highest BCUT2D eigenvalue weighted by atomic mass is 19.1. The molecule has 1 aromatic carbocycles. The maximum atomic E-state index is 14.9. The zero-order chi connectivity index (χ0) is 27.1. The first-order valence-electron chi connectivity index (χ1n) is 12.5. The number of nitrogens with one attached hydrogen (secondary N) is 1. The van der Waals surface area contributed by atoms with Gasteiger partial charge in [0, 0.05) is 22.6 Å². The van der Waals surface area contributed by atoms with Crippen LogP contribution in [0.3, 0.4) is 0 Å². The number of carbonyl (C=O) groups is 2. The molecule has 0 saturated carbocycles. The number of hydrogen-bond donors (Lipinski definition) is 3. The fraction of sp³-hybridized carbons (Fsp3) is 0.407. The van der Waals surface area contributed by atoms with Crippen molar-refractivity contribution in [3.8, 4) is 11.4 Å². The van der Waals surface area contributed by atoms with Gasteiger partial charge in [-0.25, -0.2) is 18.6 Å². The van der Waals surface area contributed by atoms with Gasteiger partial charge in [0.2, 0.25) is 6.17 Å². The molecular weight excluding hydrogens is 500 g/mol. The summed E-state index contributed by atoms with van der Waals surface area (Å²) in [4.78, 5) is 43.2. The van der Waals surface area contributed by atoms with Crippen molar-refractivity contribution in [1.29, 1.82) is 0 Å². The van der Waals surface area contributed by atoms with Crippen molar-refractivity contribution in [3.63, 3.8) is 0 Å². The first kappa shape index (κ1) is 24.6. The van der Waals surface area contributed by atoms with Gasteiger partial charge < -0.3 is 24.8 Å². The van der Waals surface area contributed by atoms with Gasteiger partial charge in [-0.2, -0.15) is 0 Å². The van der Waals surface area contributed by atoms with Crippen LogP contribution < -0.4 is 10.9 Å². The molecule has 0 bridgehead atoms. The van der Waals surface area contributed by atoms with Gasteiger partial charge in [-0.3, -0.25) is 9.59 Å². The highest BCUT2D eigenvalue weighted by Crippen LogP contribution is 2.45. The van der Waals surface area contributed by atoms with E-state index < -0.39 is 47.7 Å². The fourth-order valence-electron chi connectivity index (χ4n) is 6.04. The van der Waals surface area contributed by atoms with Gasteiger partial charge in [0.1, 0.15) is 12.4 Å². The Morgan fingerprint density at radius 2 is 2.08 bits per heavy atom. The second-order valence-electron chi connectivity index (χ2n) is 10.1. The molecule has 6 rings (SSSR count). The van der Waals surface area contributed by atoms with Crippen LogP contribution in [0.1, 0.15) is 59.2 Å². The second kappa shape index (κ2) is 8.40. The molecule has 2 aliphatic heterocycles. The number of alkyl halides is 1.